The standard InChI is InChI=1S/C23H20F2N4O.C2HF3O2/c24-20-10-17-14(4-6-28-23(17)30)8-18(20)19-9-16(21(25)29-22(19)26)13-1-2-15-11-27-5-3-12(15)7-13;3-2(4,5)1(6)7/h1-2,7-10,27H,3-6,11H2,(H2,26,29)(H,28,30);(H,6,7). The average molecular weight is 520 g/mol. The number of benzene rings is 2. The fourth-order valence-corrected chi connectivity index (χ4v) is 4.22. The van der Waals surface area contributed by atoms with Gasteiger partial charge in [-0.15, -0.1) is 0 Å². The third kappa shape index (κ3) is 5.53. The Balaban J connectivity index is 0.000000405. The van der Waals surface area contributed by atoms with E-state index < -0.39 is 23.9 Å². The van der Waals surface area contributed by atoms with Crippen molar-refractivity contribution >= 4 is 17.7 Å². The Bertz CT molecular complexity index is 1390. The predicted octanol–water partition coefficient (Wildman–Crippen LogP) is 3.84. The van der Waals surface area contributed by atoms with Gasteiger partial charge in [-0.2, -0.15) is 17.6 Å². The number of carbonyl (C=O) groups excluding carboxylic acids is 1. The lowest BCUT2D eigenvalue weighted by atomic mass is 9.92. The zero-order valence-electron chi connectivity index (χ0n) is 19.2. The summed E-state index contributed by atoms with van der Waals surface area (Å²) in [6.45, 7) is 2.15. The molecular formula is C25H21F5N4O3. The summed E-state index contributed by atoms with van der Waals surface area (Å²) in [6, 6.07) is 10.2. The number of anilines is 1. The molecule has 2 aliphatic heterocycles. The molecule has 1 aromatic heterocycles. The van der Waals surface area contributed by atoms with Gasteiger partial charge in [0.2, 0.25) is 5.95 Å². The van der Waals surface area contributed by atoms with E-state index in [1.807, 2.05) is 18.2 Å². The Kier molecular flexibility index (Phi) is 7.12. The number of carboxylic acid groups (broad SMARTS) is 1. The zero-order valence-corrected chi connectivity index (χ0v) is 19.2. The Labute approximate surface area is 207 Å². The van der Waals surface area contributed by atoms with Crippen LogP contribution in [0.4, 0.5) is 27.8 Å². The minimum Gasteiger partial charge on any atom is -0.475 e. The maximum Gasteiger partial charge on any atom is 0.490 e. The molecule has 0 aliphatic carbocycles. The van der Waals surface area contributed by atoms with Crippen molar-refractivity contribution in [2.24, 2.45) is 0 Å². The van der Waals surface area contributed by atoms with E-state index in [9.17, 15) is 26.7 Å². The molecule has 194 valence electrons. The predicted molar refractivity (Wildman–Crippen MR) is 125 cm³/mol. The number of hydrogen-bond acceptors (Lipinski definition) is 5. The van der Waals surface area contributed by atoms with E-state index in [1.165, 1.54) is 11.6 Å². The van der Waals surface area contributed by atoms with E-state index in [4.69, 9.17) is 15.6 Å². The number of nitrogens with one attached hydrogen (secondary N) is 2. The number of halogens is 5. The van der Waals surface area contributed by atoms with Crippen molar-refractivity contribution in [3.63, 3.8) is 0 Å². The van der Waals surface area contributed by atoms with Crippen LogP contribution in [0.5, 0.6) is 0 Å². The second-order valence-electron chi connectivity index (χ2n) is 8.47. The molecule has 1 amide bonds. The van der Waals surface area contributed by atoms with Gasteiger partial charge in [-0.25, -0.2) is 14.2 Å². The number of hydrogen-bond donors (Lipinski definition) is 4. The van der Waals surface area contributed by atoms with E-state index in [0.717, 1.165) is 30.6 Å². The van der Waals surface area contributed by atoms with E-state index in [1.54, 1.807) is 12.1 Å². The third-order valence-corrected chi connectivity index (χ3v) is 6.06. The smallest absolute Gasteiger partial charge is 0.475 e. The van der Waals surface area contributed by atoms with Crippen LogP contribution in [0, 0.1) is 11.8 Å². The highest BCUT2D eigenvalue weighted by atomic mass is 19.4. The Hall–Kier alpha value is -4.06. The summed E-state index contributed by atoms with van der Waals surface area (Å²) < 4.78 is 61.4. The van der Waals surface area contributed by atoms with Crippen LogP contribution in [-0.4, -0.2) is 41.2 Å². The quantitative estimate of drug-likeness (QED) is 0.301. The SMILES string of the molecule is Nc1nc(F)c(-c2ccc3c(c2)CCNC3)cc1-c1cc2c(cc1F)C(=O)NCC2.O=C(O)C(F)(F)F. The van der Waals surface area contributed by atoms with Crippen LogP contribution in [0.15, 0.2) is 36.4 Å². The van der Waals surface area contributed by atoms with Crippen molar-refractivity contribution in [3.05, 3.63) is 70.4 Å². The van der Waals surface area contributed by atoms with Gasteiger partial charge in [0.05, 0.1) is 0 Å². The summed E-state index contributed by atoms with van der Waals surface area (Å²) in [5.74, 6) is -4.42. The summed E-state index contributed by atoms with van der Waals surface area (Å²) in [4.78, 5) is 24.7. The number of rotatable bonds is 2. The molecule has 3 aromatic rings. The number of pyridine rings is 1. The summed E-state index contributed by atoms with van der Waals surface area (Å²) in [5.41, 5.74) is 10.9. The number of nitrogen functional groups attached to an aromatic ring is 1. The van der Waals surface area contributed by atoms with E-state index in [-0.39, 0.29) is 22.9 Å². The second-order valence-corrected chi connectivity index (χ2v) is 8.47. The van der Waals surface area contributed by atoms with Gasteiger partial charge in [0.25, 0.3) is 5.91 Å². The van der Waals surface area contributed by atoms with Crippen molar-refractivity contribution in [3.8, 4) is 22.3 Å². The molecule has 0 unspecified atom stereocenters. The molecule has 2 aromatic carbocycles. The molecule has 0 atom stereocenters. The molecule has 12 heteroatoms. The second kappa shape index (κ2) is 10.1. The van der Waals surface area contributed by atoms with Crippen LogP contribution < -0.4 is 16.4 Å². The first-order valence-corrected chi connectivity index (χ1v) is 11.2. The number of fused-ring (bicyclic) bond motifs is 2. The lowest BCUT2D eigenvalue weighted by Gasteiger charge is -2.19. The van der Waals surface area contributed by atoms with Crippen molar-refractivity contribution in [2.45, 2.75) is 25.6 Å². The summed E-state index contributed by atoms with van der Waals surface area (Å²) in [7, 11) is 0. The number of carbonyl (C=O) groups is 2. The first kappa shape index (κ1) is 26.0. The maximum absolute atomic E-state index is 14.9. The average Bonchev–Trinajstić information content (AvgIpc) is 2.84. The molecular weight excluding hydrogens is 499 g/mol. The van der Waals surface area contributed by atoms with Gasteiger partial charge in [-0.1, -0.05) is 18.2 Å². The molecule has 0 saturated heterocycles. The topological polar surface area (TPSA) is 117 Å². The molecule has 0 fully saturated rings. The number of aromatic nitrogens is 1. The van der Waals surface area contributed by atoms with Crippen molar-refractivity contribution in [1.82, 2.24) is 15.6 Å². The summed E-state index contributed by atoms with van der Waals surface area (Å²) >= 11 is 0. The molecule has 2 aliphatic rings. The van der Waals surface area contributed by atoms with Gasteiger partial charge >= 0.3 is 12.1 Å². The largest absolute Gasteiger partial charge is 0.490 e. The molecule has 3 heterocycles. The number of nitrogens with two attached hydrogens (primary N) is 1. The fraction of sp³-hybridized carbons (Fsp3) is 0.240. The lowest BCUT2D eigenvalue weighted by molar-refractivity contribution is -0.192. The Morgan fingerprint density at radius 3 is 2.32 bits per heavy atom. The molecule has 5 N–H and O–H groups in total. The van der Waals surface area contributed by atoms with Crippen LogP contribution in [0.2, 0.25) is 0 Å². The molecule has 0 spiro atoms. The first-order valence-electron chi connectivity index (χ1n) is 11.2. The molecule has 0 bridgehead atoms. The van der Waals surface area contributed by atoms with E-state index in [2.05, 4.69) is 15.6 Å². The van der Waals surface area contributed by atoms with Gasteiger partial charge in [0, 0.05) is 35.3 Å². The van der Waals surface area contributed by atoms with Crippen LogP contribution in [0.3, 0.4) is 0 Å². The highest BCUT2D eigenvalue weighted by Gasteiger charge is 2.38. The summed E-state index contributed by atoms with van der Waals surface area (Å²) in [6.07, 6.45) is -3.63. The number of aliphatic carboxylic acids is 1. The highest BCUT2D eigenvalue weighted by Crippen LogP contribution is 2.35. The van der Waals surface area contributed by atoms with Crippen LogP contribution >= 0.6 is 0 Å². The van der Waals surface area contributed by atoms with Crippen molar-refractivity contribution in [2.75, 3.05) is 18.8 Å². The number of nitrogens with zero attached hydrogens (tertiary/aromatic N) is 1. The van der Waals surface area contributed by atoms with E-state index >= 15 is 0 Å². The van der Waals surface area contributed by atoms with Gasteiger partial charge in [-0.05, 0) is 59.8 Å². The molecule has 0 radical (unpaired) electrons. The highest BCUT2D eigenvalue weighted by molar-refractivity contribution is 5.97. The summed E-state index contributed by atoms with van der Waals surface area (Å²) in [5, 5.41) is 13.1. The molecule has 0 saturated carbocycles. The Morgan fingerprint density at radius 2 is 1.62 bits per heavy atom. The van der Waals surface area contributed by atoms with Crippen molar-refractivity contribution < 1.29 is 36.6 Å². The minimum absolute atomic E-state index is 0.0856. The van der Waals surface area contributed by atoms with Crippen LogP contribution in [0.25, 0.3) is 22.3 Å². The van der Waals surface area contributed by atoms with Crippen molar-refractivity contribution in [1.29, 1.82) is 0 Å². The molecule has 5 rings (SSSR count). The maximum atomic E-state index is 14.9. The van der Waals surface area contributed by atoms with Gasteiger partial charge < -0.3 is 21.5 Å². The van der Waals surface area contributed by atoms with Crippen LogP contribution in [0.1, 0.15) is 27.0 Å². The monoisotopic (exact) mass is 520 g/mol. The molecule has 37 heavy (non-hydrogen) atoms. The normalized spacial score (nSPS) is 14.6. The molecule has 7 nitrogen and oxygen atoms in total. The fourth-order valence-electron chi connectivity index (χ4n) is 4.22. The lowest BCUT2D eigenvalue weighted by Crippen LogP contribution is -2.32. The third-order valence-electron chi connectivity index (χ3n) is 6.06. The minimum atomic E-state index is -5.08. The first-order chi connectivity index (χ1) is 17.5. The van der Waals surface area contributed by atoms with E-state index in [0.29, 0.717) is 29.7 Å². The van der Waals surface area contributed by atoms with Gasteiger partial charge in [-0.3, -0.25) is 4.79 Å². The van der Waals surface area contributed by atoms with Crippen LogP contribution in [-0.2, 0) is 24.2 Å². The Morgan fingerprint density at radius 1 is 0.919 bits per heavy atom. The number of alkyl halides is 3. The number of carboxylic acids is 1. The van der Waals surface area contributed by atoms with Gasteiger partial charge in [0.15, 0.2) is 0 Å². The zero-order chi connectivity index (χ0) is 26.9. The number of amides is 1. The van der Waals surface area contributed by atoms with Gasteiger partial charge in [0.1, 0.15) is 11.6 Å².